The zero-order valence-corrected chi connectivity index (χ0v) is 11.3. The zero-order chi connectivity index (χ0) is 12.8. The molecule has 0 saturated heterocycles. The standard InChI is InChI=1S/C15H12ClNS/c16-11-13-6-2-4-8-15(13)18-14-7-3-1-5-12(14)9-10-17/h1-8H,9,11H2. The van der Waals surface area contributed by atoms with E-state index in [1.54, 1.807) is 11.8 Å². The van der Waals surface area contributed by atoms with Gasteiger partial charge in [-0.25, -0.2) is 0 Å². The largest absolute Gasteiger partial charge is 0.198 e. The molecule has 0 heterocycles. The van der Waals surface area contributed by atoms with Gasteiger partial charge in [0, 0.05) is 15.7 Å². The van der Waals surface area contributed by atoms with Gasteiger partial charge in [-0.3, -0.25) is 0 Å². The highest BCUT2D eigenvalue weighted by atomic mass is 35.5. The Kier molecular flexibility index (Phi) is 4.69. The van der Waals surface area contributed by atoms with Gasteiger partial charge in [-0.15, -0.1) is 11.6 Å². The summed E-state index contributed by atoms with van der Waals surface area (Å²) in [6.45, 7) is 0. The molecular weight excluding hydrogens is 262 g/mol. The van der Waals surface area contributed by atoms with Crippen LogP contribution in [0.15, 0.2) is 58.3 Å². The Morgan fingerprint density at radius 3 is 2.11 bits per heavy atom. The van der Waals surface area contributed by atoms with Gasteiger partial charge in [-0.1, -0.05) is 48.2 Å². The normalized spacial score (nSPS) is 10.0. The van der Waals surface area contributed by atoms with Gasteiger partial charge in [0.2, 0.25) is 0 Å². The van der Waals surface area contributed by atoms with E-state index in [0.717, 1.165) is 20.9 Å². The monoisotopic (exact) mass is 273 g/mol. The van der Waals surface area contributed by atoms with Gasteiger partial charge in [-0.05, 0) is 23.3 Å². The SMILES string of the molecule is N#CCc1ccccc1Sc1ccccc1CCl. The average molecular weight is 274 g/mol. The van der Waals surface area contributed by atoms with Crippen LogP contribution < -0.4 is 0 Å². The van der Waals surface area contributed by atoms with Crippen molar-refractivity contribution in [2.45, 2.75) is 22.1 Å². The van der Waals surface area contributed by atoms with Crippen molar-refractivity contribution >= 4 is 23.4 Å². The second-order valence-electron chi connectivity index (χ2n) is 3.79. The van der Waals surface area contributed by atoms with E-state index < -0.39 is 0 Å². The lowest BCUT2D eigenvalue weighted by Gasteiger charge is -2.09. The smallest absolute Gasteiger partial charge is 0.0670 e. The molecule has 0 atom stereocenters. The van der Waals surface area contributed by atoms with Gasteiger partial charge in [0.25, 0.3) is 0 Å². The van der Waals surface area contributed by atoms with Crippen molar-refractivity contribution in [2.24, 2.45) is 0 Å². The van der Waals surface area contributed by atoms with Gasteiger partial charge >= 0.3 is 0 Å². The topological polar surface area (TPSA) is 23.8 Å². The lowest BCUT2D eigenvalue weighted by molar-refractivity contribution is 1.17. The molecule has 0 aliphatic rings. The molecule has 2 aromatic rings. The van der Waals surface area contributed by atoms with Crippen molar-refractivity contribution in [2.75, 3.05) is 0 Å². The third kappa shape index (κ3) is 3.07. The summed E-state index contributed by atoms with van der Waals surface area (Å²) in [5, 5.41) is 8.83. The van der Waals surface area contributed by atoms with E-state index in [-0.39, 0.29) is 0 Å². The molecule has 0 aliphatic carbocycles. The van der Waals surface area contributed by atoms with Crippen molar-refractivity contribution in [3.8, 4) is 6.07 Å². The summed E-state index contributed by atoms with van der Waals surface area (Å²) in [6, 6.07) is 18.3. The van der Waals surface area contributed by atoms with Gasteiger partial charge < -0.3 is 0 Å². The van der Waals surface area contributed by atoms with Crippen LogP contribution in [-0.4, -0.2) is 0 Å². The van der Waals surface area contributed by atoms with E-state index in [9.17, 15) is 0 Å². The zero-order valence-electron chi connectivity index (χ0n) is 9.77. The van der Waals surface area contributed by atoms with Crippen LogP contribution in [0, 0.1) is 11.3 Å². The number of hydrogen-bond donors (Lipinski definition) is 0. The van der Waals surface area contributed by atoms with Crippen LogP contribution in [0.4, 0.5) is 0 Å². The summed E-state index contributed by atoms with van der Waals surface area (Å²) in [4.78, 5) is 2.27. The number of nitrogens with zero attached hydrogens (tertiary/aromatic N) is 1. The van der Waals surface area contributed by atoms with Crippen molar-refractivity contribution in [3.63, 3.8) is 0 Å². The van der Waals surface area contributed by atoms with E-state index in [1.807, 2.05) is 42.5 Å². The summed E-state index contributed by atoms with van der Waals surface area (Å²) >= 11 is 7.60. The number of nitriles is 1. The van der Waals surface area contributed by atoms with E-state index in [0.29, 0.717) is 12.3 Å². The first-order valence-corrected chi connectivity index (χ1v) is 6.97. The Bertz CT molecular complexity index is 575. The first-order chi connectivity index (χ1) is 8.85. The first kappa shape index (κ1) is 13.0. The van der Waals surface area contributed by atoms with E-state index in [1.165, 1.54) is 0 Å². The van der Waals surface area contributed by atoms with Crippen LogP contribution in [0.1, 0.15) is 11.1 Å². The maximum absolute atomic E-state index is 8.83. The van der Waals surface area contributed by atoms with Crippen molar-refractivity contribution in [1.29, 1.82) is 5.26 Å². The summed E-state index contributed by atoms with van der Waals surface area (Å²) in [7, 11) is 0. The molecule has 0 unspecified atom stereocenters. The molecule has 2 rings (SSSR count). The predicted molar refractivity (Wildman–Crippen MR) is 75.9 cm³/mol. The maximum Gasteiger partial charge on any atom is 0.0670 e. The third-order valence-electron chi connectivity index (χ3n) is 2.58. The molecule has 0 amide bonds. The van der Waals surface area contributed by atoms with Crippen LogP contribution in [-0.2, 0) is 12.3 Å². The lowest BCUT2D eigenvalue weighted by Crippen LogP contribution is -1.88. The lowest BCUT2D eigenvalue weighted by atomic mass is 10.2. The quantitative estimate of drug-likeness (QED) is 0.758. The molecule has 0 saturated carbocycles. The predicted octanol–water partition coefficient (Wildman–Crippen LogP) is 4.64. The Morgan fingerprint density at radius 2 is 1.50 bits per heavy atom. The minimum absolute atomic E-state index is 0.437. The molecule has 0 radical (unpaired) electrons. The Labute approximate surface area is 116 Å². The molecule has 0 aromatic heterocycles. The van der Waals surface area contributed by atoms with Crippen molar-refractivity contribution < 1.29 is 0 Å². The highest BCUT2D eigenvalue weighted by molar-refractivity contribution is 7.99. The van der Waals surface area contributed by atoms with Crippen LogP contribution >= 0.6 is 23.4 Å². The third-order valence-corrected chi connectivity index (χ3v) is 4.10. The number of halogens is 1. The van der Waals surface area contributed by atoms with Gasteiger partial charge in [0.05, 0.1) is 12.5 Å². The van der Waals surface area contributed by atoms with Gasteiger partial charge in [0.15, 0.2) is 0 Å². The summed E-state index contributed by atoms with van der Waals surface area (Å²) in [5.74, 6) is 0.504. The van der Waals surface area contributed by atoms with Crippen LogP contribution in [0.5, 0.6) is 0 Å². The minimum Gasteiger partial charge on any atom is -0.198 e. The second kappa shape index (κ2) is 6.49. The minimum atomic E-state index is 0.437. The molecular formula is C15H12ClNS. The molecule has 18 heavy (non-hydrogen) atoms. The molecule has 0 aliphatic heterocycles. The van der Waals surface area contributed by atoms with Crippen LogP contribution in [0.3, 0.4) is 0 Å². The van der Waals surface area contributed by atoms with Crippen molar-refractivity contribution in [3.05, 3.63) is 59.7 Å². The molecule has 3 heteroatoms. The number of rotatable bonds is 4. The Hall–Kier alpha value is -1.43. The summed E-state index contributed by atoms with van der Waals surface area (Å²) < 4.78 is 0. The number of benzene rings is 2. The molecule has 90 valence electrons. The Morgan fingerprint density at radius 1 is 0.944 bits per heavy atom. The van der Waals surface area contributed by atoms with Crippen LogP contribution in [0.25, 0.3) is 0 Å². The fourth-order valence-corrected chi connectivity index (χ4v) is 3.05. The highest BCUT2D eigenvalue weighted by Crippen LogP contribution is 2.33. The fraction of sp³-hybridized carbons (Fsp3) is 0.133. The molecule has 0 bridgehead atoms. The van der Waals surface area contributed by atoms with E-state index >= 15 is 0 Å². The van der Waals surface area contributed by atoms with E-state index in [4.69, 9.17) is 16.9 Å². The molecule has 0 spiro atoms. The van der Waals surface area contributed by atoms with Crippen molar-refractivity contribution in [1.82, 2.24) is 0 Å². The van der Waals surface area contributed by atoms with E-state index in [2.05, 4.69) is 12.1 Å². The molecule has 0 N–H and O–H groups in total. The average Bonchev–Trinajstić information content (AvgIpc) is 2.42. The van der Waals surface area contributed by atoms with Gasteiger partial charge in [0.1, 0.15) is 0 Å². The Balaban J connectivity index is 2.31. The van der Waals surface area contributed by atoms with Gasteiger partial charge in [-0.2, -0.15) is 5.26 Å². The fourth-order valence-electron chi connectivity index (χ4n) is 1.67. The second-order valence-corrected chi connectivity index (χ2v) is 5.14. The first-order valence-electron chi connectivity index (χ1n) is 5.61. The van der Waals surface area contributed by atoms with Crippen LogP contribution in [0.2, 0.25) is 0 Å². The molecule has 2 aromatic carbocycles. The number of alkyl halides is 1. The summed E-state index contributed by atoms with van der Waals surface area (Å²) in [6.07, 6.45) is 0.437. The maximum atomic E-state index is 8.83. The number of hydrogen-bond acceptors (Lipinski definition) is 2. The molecule has 1 nitrogen and oxygen atoms in total. The molecule has 0 fully saturated rings. The summed E-state index contributed by atoms with van der Waals surface area (Å²) in [5.41, 5.74) is 2.19. The highest BCUT2D eigenvalue weighted by Gasteiger charge is 2.06.